The second-order valence-electron chi connectivity index (χ2n) is 4.46. The second kappa shape index (κ2) is 6.80. The normalized spacial score (nSPS) is 14.8. The van der Waals surface area contributed by atoms with Gasteiger partial charge in [-0.05, 0) is 18.6 Å². The van der Waals surface area contributed by atoms with E-state index in [1.807, 2.05) is 12.1 Å². The number of fused-ring (bicyclic) bond motifs is 1. The number of anilines is 1. The molecule has 0 saturated heterocycles. The van der Waals surface area contributed by atoms with Gasteiger partial charge in [-0.15, -0.1) is 0 Å². The lowest BCUT2D eigenvalue weighted by molar-refractivity contribution is -0.115. The average molecular weight is 328 g/mol. The van der Waals surface area contributed by atoms with Crippen LogP contribution in [0.5, 0.6) is 11.5 Å². The molecule has 0 fully saturated rings. The van der Waals surface area contributed by atoms with Crippen LogP contribution in [0.1, 0.15) is 26.2 Å². The van der Waals surface area contributed by atoms with Gasteiger partial charge in [0.1, 0.15) is 13.2 Å². The number of alkyl halides is 1. The van der Waals surface area contributed by atoms with Gasteiger partial charge in [-0.1, -0.05) is 35.7 Å². The number of amides is 1. The van der Waals surface area contributed by atoms with E-state index < -0.39 is 0 Å². The lowest BCUT2D eigenvalue weighted by Gasteiger charge is -2.19. The molecule has 0 saturated carbocycles. The summed E-state index contributed by atoms with van der Waals surface area (Å²) in [6.45, 7) is 3.22. The van der Waals surface area contributed by atoms with E-state index in [4.69, 9.17) is 9.47 Å². The number of carbonyl (C=O) groups is 1. The molecule has 1 aromatic rings. The Morgan fingerprint density at radius 1 is 1.37 bits per heavy atom. The van der Waals surface area contributed by atoms with Crippen LogP contribution in [0.2, 0.25) is 0 Å². The fourth-order valence-electron chi connectivity index (χ4n) is 1.86. The van der Waals surface area contributed by atoms with Crippen molar-refractivity contribution in [3.05, 3.63) is 18.2 Å². The van der Waals surface area contributed by atoms with Gasteiger partial charge in [-0.3, -0.25) is 4.79 Å². The first-order chi connectivity index (χ1) is 9.20. The number of carbonyl (C=O) groups excluding carboxylic acids is 1. The molecule has 1 heterocycles. The molecule has 0 aromatic heterocycles. The van der Waals surface area contributed by atoms with Gasteiger partial charge in [0.15, 0.2) is 11.5 Å². The maximum Gasteiger partial charge on any atom is 0.238 e. The van der Waals surface area contributed by atoms with E-state index in [1.54, 1.807) is 6.07 Å². The zero-order valence-corrected chi connectivity index (χ0v) is 12.5. The Morgan fingerprint density at radius 2 is 2.11 bits per heavy atom. The summed E-state index contributed by atoms with van der Waals surface area (Å²) in [5.41, 5.74) is 0.732. The summed E-state index contributed by atoms with van der Waals surface area (Å²) in [4.78, 5) is 11.8. The average Bonchev–Trinajstić information content (AvgIpc) is 2.44. The molecule has 0 bridgehead atoms. The maximum absolute atomic E-state index is 12.0. The van der Waals surface area contributed by atoms with E-state index >= 15 is 0 Å². The highest BCUT2D eigenvalue weighted by Crippen LogP contribution is 2.32. The van der Waals surface area contributed by atoms with Crippen molar-refractivity contribution in [3.8, 4) is 11.5 Å². The zero-order valence-electron chi connectivity index (χ0n) is 10.9. The Kier molecular flexibility index (Phi) is 5.07. The molecule has 1 atom stereocenters. The number of nitrogens with one attached hydrogen (secondary N) is 1. The van der Waals surface area contributed by atoms with Crippen molar-refractivity contribution < 1.29 is 14.3 Å². The molecule has 1 aromatic carbocycles. The molecular weight excluding hydrogens is 310 g/mol. The molecule has 1 aliphatic heterocycles. The first kappa shape index (κ1) is 14.2. The SMILES string of the molecule is CCCC[C@@H](Br)C(=O)Nc1ccc2c(c1)OCCO2. The molecular formula is C14H18BrNO3. The van der Waals surface area contributed by atoms with Gasteiger partial charge in [0.2, 0.25) is 5.91 Å². The molecule has 19 heavy (non-hydrogen) atoms. The summed E-state index contributed by atoms with van der Waals surface area (Å²) in [5.74, 6) is 1.39. The van der Waals surface area contributed by atoms with Crippen LogP contribution in [0.3, 0.4) is 0 Å². The van der Waals surface area contributed by atoms with Crippen LogP contribution in [0.25, 0.3) is 0 Å². The third-order valence-electron chi connectivity index (χ3n) is 2.91. The largest absolute Gasteiger partial charge is 0.486 e. The van der Waals surface area contributed by atoms with Crippen molar-refractivity contribution in [2.45, 2.75) is 31.0 Å². The zero-order chi connectivity index (χ0) is 13.7. The maximum atomic E-state index is 12.0. The molecule has 1 aliphatic rings. The predicted molar refractivity (Wildman–Crippen MR) is 78.3 cm³/mol. The Bertz CT molecular complexity index is 450. The number of unbranched alkanes of at least 4 members (excludes halogenated alkanes) is 1. The smallest absolute Gasteiger partial charge is 0.238 e. The summed E-state index contributed by atoms with van der Waals surface area (Å²) in [6, 6.07) is 5.44. The molecule has 4 nitrogen and oxygen atoms in total. The third-order valence-corrected chi connectivity index (χ3v) is 3.78. The van der Waals surface area contributed by atoms with Crippen molar-refractivity contribution in [2.75, 3.05) is 18.5 Å². The van der Waals surface area contributed by atoms with E-state index in [2.05, 4.69) is 28.2 Å². The minimum atomic E-state index is -0.152. The fraction of sp³-hybridized carbons (Fsp3) is 0.500. The Balaban J connectivity index is 1.97. The number of ether oxygens (including phenoxy) is 2. The van der Waals surface area contributed by atoms with Gasteiger partial charge in [0.25, 0.3) is 0 Å². The molecule has 1 N–H and O–H groups in total. The van der Waals surface area contributed by atoms with Crippen LogP contribution in [0.15, 0.2) is 18.2 Å². The number of hydrogen-bond donors (Lipinski definition) is 1. The standard InChI is InChI=1S/C14H18BrNO3/c1-2-3-4-11(15)14(17)16-10-5-6-12-13(9-10)19-8-7-18-12/h5-6,9,11H,2-4,7-8H2,1H3,(H,16,17)/t11-/m1/s1. The third kappa shape index (κ3) is 3.86. The lowest BCUT2D eigenvalue weighted by Crippen LogP contribution is -2.23. The molecule has 5 heteroatoms. The number of hydrogen-bond acceptors (Lipinski definition) is 3. The minimum Gasteiger partial charge on any atom is -0.486 e. The quantitative estimate of drug-likeness (QED) is 0.843. The first-order valence-electron chi connectivity index (χ1n) is 6.55. The van der Waals surface area contributed by atoms with Crippen LogP contribution >= 0.6 is 15.9 Å². The van der Waals surface area contributed by atoms with Crippen LogP contribution in [0, 0.1) is 0 Å². The van der Waals surface area contributed by atoms with Gasteiger partial charge < -0.3 is 14.8 Å². The van der Waals surface area contributed by atoms with Crippen molar-refractivity contribution in [2.24, 2.45) is 0 Å². The Labute approximate surface area is 121 Å². The topological polar surface area (TPSA) is 47.6 Å². The lowest BCUT2D eigenvalue weighted by atomic mass is 10.2. The summed E-state index contributed by atoms with van der Waals surface area (Å²) in [7, 11) is 0. The van der Waals surface area contributed by atoms with Gasteiger partial charge in [-0.2, -0.15) is 0 Å². The van der Waals surface area contributed by atoms with Crippen LogP contribution in [0.4, 0.5) is 5.69 Å². The van der Waals surface area contributed by atoms with Crippen LogP contribution < -0.4 is 14.8 Å². The molecule has 104 valence electrons. The van der Waals surface area contributed by atoms with E-state index in [1.165, 1.54) is 0 Å². The molecule has 0 aliphatic carbocycles. The monoisotopic (exact) mass is 327 g/mol. The molecule has 0 spiro atoms. The van der Waals surface area contributed by atoms with Crippen LogP contribution in [-0.4, -0.2) is 23.9 Å². The van der Waals surface area contributed by atoms with Gasteiger partial charge in [0.05, 0.1) is 4.83 Å². The van der Waals surface area contributed by atoms with E-state index in [0.717, 1.165) is 30.7 Å². The number of benzene rings is 1. The van der Waals surface area contributed by atoms with Gasteiger partial charge in [0, 0.05) is 11.8 Å². The van der Waals surface area contributed by atoms with Crippen molar-refractivity contribution >= 4 is 27.5 Å². The van der Waals surface area contributed by atoms with Crippen molar-refractivity contribution in [3.63, 3.8) is 0 Å². The number of rotatable bonds is 5. The summed E-state index contributed by atoms with van der Waals surface area (Å²) in [6.07, 6.45) is 2.96. The second-order valence-corrected chi connectivity index (χ2v) is 5.56. The fourth-order valence-corrected chi connectivity index (χ4v) is 2.29. The van der Waals surface area contributed by atoms with Crippen LogP contribution in [-0.2, 0) is 4.79 Å². The Hall–Kier alpha value is -1.23. The summed E-state index contributed by atoms with van der Waals surface area (Å²) < 4.78 is 10.9. The Morgan fingerprint density at radius 3 is 2.84 bits per heavy atom. The van der Waals surface area contributed by atoms with Gasteiger partial charge in [-0.25, -0.2) is 0 Å². The molecule has 0 radical (unpaired) electrons. The molecule has 0 unspecified atom stereocenters. The molecule has 1 amide bonds. The predicted octanol–water partition coefficient (Wildman–Crippen LogP) is 3.35. The highest BCUT2D eigenvalue weighted by molar-refractivity contribution is 9.10. The minimum absolute atomic E-state index is 0.0230. The number of halogens is 1. The molecule has 2 rings (SSSR count). The highest BCUT2D eigenvalue weighted by Gasteiger charge is 2.16. The van der Waals surface area contributed by atoms with Crippen molar-refractivity contribution in [1.82, 2.24) is 0 Å². The van der Waals surface area contributed by atoms with E-state index in [9.17, 15) is 4.79 Å². The highest BCUT2D eigenvalue weighted by atomic mass is 79.9. The van der Waals surface area contributed by atoms with E-state index in [0.29, 0.717) is 19.0 Å². The summed E-state index contributed by atoms with van der Waals surface area (Å²) in [5, 5.41) is 2.88. The van der Waals surface area contributed by atoms with Crippen molar-refractivity contribution in [1.29, 1.82) is 0 Å². The summed E-state index contributed by atoms with van der Waals surface area (Å²) >= 11 is 3.41. The first-order valence-corrected chi connectivity index (χ1v) is 7.47. The van der Waals surface area contributed by atoms with E-state index in [-0.39, 0.29) is 10.7 Å². The van der Waals surface area contributed by atoms with Gasteiger partial charge >= 0.3 is 0 Å².